The monoisotopic (exact) mass is 420 g/mol. The zero-order valence-corrected chi connectivity index (χ0v) is 16.9. The summed E-state index contributed by atoms with van der Waals surface area (Å²) in [6.45, 7) is 2.07. The number of aromatic nitrogens is 2. The molecule has 29 heavy (non-hydrogen) atoms. The zero-order valence-electron chi connectivity index (χ0n) is 16.1. The summed E-state index contributed by atoms with van der Waals surface area (Å²) in [5.41, 5.74) is 1.48. The maximum absolute atomic E-state index is 13.0. The quantitative estimate of drug-likeness (QED) is 0.801. The molecule has 0 unspecified atom stereocenters. The molecule has 0 radical (unpaired) electrons. The summed E-state index contributed by atoms with van der Waals surface area (Å²) in [6.07, 6.45) is 2.61. The Hall–Kier alpha value is -2.10. The summed E-state index contributed by atoms with van der Waals surface area (Å²) in [5.74, 6) is 0.367. The van der Waals surface area contributed by atoms with E-state index in [1.165, 1.54) is 12.1 Å². The third-order valence-corrected chi connectivity index (χ3v) is 7.96. The van der Waals surface area contributed by atoms with Crippen molar-refractivity contribution in [1.82, 2.24) is 14.5 Å². The lowest BCUT2D eigenvalue weighted by molar-refractivity contribution is 0.0969. The van der Waals surface area contributed by atoms with E-state index in [0.29, 0.717) is 50.7 Å². The number of halogens is 1. The summed E-state index contributed by atoms with van der Waals surface area (Å²) < 4.78 is 45.6. The van der Waals surface area contributed by atoms with Crippen LogP contribution in [0.1, 0.15) is 25.7 Å². The number of sulfonamides is 1. The lowest BCUT2D eigenvalue weighted by Crippen LogP contribution is -2.47. The Labute approximate surface area is 170 Å². The average Bonchev–Trinajstić information content (AvgIpc) is 2.76. The molecule has 3 heterocycles. The van der Waals surface area contributed by atoms with Crippen LogP contribution in [0.15, 0.2) is 36.4 Å². The highest BCUT2D eigenvalue weighted by Crippen LogP contribution is 2.24. The normalized spacial score (nSPS) is 19.9. The van der Waals surface area contributed by atoms with E-state index in [9.17, 15) is 12.8 Å². The van der Waals surface area contributed by atoms with Crippen LogP contribution in [0.4, 0.5) is 10.2 Å². The summed E-state index contributed by atoms with van der Waals surface area (Å²) in [6, 6.07) is 9.96. The molecule has 9 heteroatoms. The van der Waals surface area contributed by atoms with E-state index in [2.05, 4.69) is 15.5 Å². The fourth-order valence-corrected chi connectivity index (χ4v) is 5.76. The summed E-state index contributed by atoms with van der Waals surface area (Å²) in [7, 11) is -3.25. The van der Waals surface area contributed by atoms with Gasteiger partial charge >= 0.3 is 0 Å². The highest BCUT2D eigenvalue weighted by atomic mass is 32.2. The van der Waals surface area contributed by atoms with Crippen LogP contribution in [-0.2, 0) is 14.8 Å². The number of piperidine rings is 1. The van der Waals surface area contributed by atoms with Crippen LogP contribution in [0.2, 0.25) is 0 Å². The number of ether oxygens (including phenoxy) is 1. The van der Waals surface area contributed by atoms with Crippen LogP contribution < -0.4 is 5.32 Å². The summed E-state index contributed by atoms with van der Waals surface area (Å²) >= 11 is 0. The van der Waals surface area contributed by atoms with Gasteiger partial charge in [0, 0.05) is 37.9 Å². The molecule has 2 aromatic rings. The highest BCUT2D eigenvalue weighted by Gasteiger charge is 2.35. The first-order chi connectivity index (χ1) is 14.0. The molecule has 1 aromatic heterocycles. The molecular weight excluding hydrogens is 395 g/mol. The Morgan fingerprint density at radius 1 is 0.966 bits per heavy atom. The zero-order chi connectivity index (χ0) is 20.3. The van der Waals surface area contributed by atoms with Crippen LogP contribution in [-0.4, -0.2) is 60.5 Å². The van der Waals surface area contributed by atoms with Crippen molar-refractivity contribution in [3.8, 4) is 11.3 Å². The molecule has 1 aromatic carbocycles. The molecule has 156 valence electrons. The number of rotatable bonds is 5. The molecule has 0 spiro atoms. The van der Waals surface area contributed by atoms with Crippen LogP contribution in [0.5, 0.6) is 0 Å². The second-order valence-electron chi connectivity index (χ2n) is 7.49. The molecule has 0 amide bonds. The molecule has 2 saturated heterocycles. The molecule has 1 N–H and O–H groups in total. The van der Waals surface area contributed by atoms with Gasteiger partial charge in [-0.1, -0.05) is 0 Å². The molecule has 0 atom stereocenters. The molecular formula is C20H25FN4O3S. The maximum Gasteiger partial charge on any atom is 0.217 e. The van der Waals surface area contributed by atoms with Gasteiger partial charge in [-0.25, -0.2) is 17.1 Å². The highest BCUT2D eigenvalue weighted by molar-refractivity contribution is 7.89. The lowest BCUT2D eigenvalue weighted by atomic mass is 10.1. The predicted molar refractivity (Wildman–Crippen MR) is 108 cm³/mol. The van der Waals surface area contributed by atoms with Crippen molar-refractivity contribution >= 4 is 15.8 Å². The van der Waals surface area contributed by atoms with E-state index in [1.54, 1.807) is 16.4 Å². The predicted octanol–water partition coefficient (Wildman–Crippen LogP) is 2.67. The van der Waals surface area contributed by atoms with Crippen molar-refractivity contribution in [2.75, 3.05) is 31.6 Å². The first-order valence-corrected chi connectivity index (χ1v) is 11.5. The molecule has 2 aliphatic heterocycles. The number of nitrogens with one attached hydrogen (secondary N) is 1. The largest absolute Gasteiger partial charge is 0.381 e. The van der Waals surface area contributed by atoms with Crippen molar-refractivity contribution in [1.29, 1.82) is 0 Å². The van der Waals surface area contributed by atoms with E-state index < -0.39 is 10.0 Å². The van der Waals surface area contributed by atoms with Gasteiger partial charge in [0.25, 0.3) is 0 Å². The van der Waals surface area contributed by atoms with Gasteiger partial charge in [-0.3, -0.25) is 0 Å². The van der Waals surface area contributed by atoms with Gasteiger partial charge in [0.05, 0.1) is 10.9 Å². The van der Waals surface area contributed by atoms with Gasteiger partial charge in [-0.15, -0.1) is 10.2 Å². The topological polar surface area (TPSA) is 84.4 Å². The Bertz CT molecular complexity index is 908. The smallest absolute Gasteiger partial charge is 0.217 e. The van der Waals surface area contributed by atoms with Crippen molar-refractivity contribution in [2.45, 2.75) is 37.0 Å². The molecule has 0 aliphatic carbocycles. The van der Waals surface area contributed by atoms with Crippen molar-refractivity contribution < 1.29 is 17.5 Å². The maximum atomic E-state index is 13.0. The minimum absolute atomic E-state index is 0.155. The fraction of sp³-hybridized carbons (Fsp3) is 0.500. The molecule has 2 fully saturated rings. The van der Waals surface area contributed by atoms with E-state index in [0.717, 1.165) is 18.4 Å². The van der Waals surface area contributed by atoms with E-state index in [4.69, 9.17) is 4.74 Å². The Morgan fingerprint density at radius 2 is 1.66 bits per heavy atom. The molecule has 4 rings (SSSR count). The SMILES string of the molecule is O=S(=O)(C1CCOCC1)N1CCC(Nc2ccc(-c3ccc(F)cc3)nn2)CC1. The van der Waals surface area contributed by atoms with Crippen LogP contribution in [0.25, 0.3) is 11.3 Å². The van der Waals surface area contributed by atoms with E-state index in [1.807, 2.05) is 12.1 Å². The van der Waals surface area contributed by atoms with Crippen LogP contribution in [0, 0.1) is 5.82 Å². The lowest BCUT2D eigenvalue weighted by Gasteiger charge is -2.35. The number of hydrogen-bond donors (Lipinski definition) is 1. The first kappa shape index (κ1) is 20.2. The van der Waals surface area contributed by atoms with Crippen molar-refractivity contribution in [2.24, 2.45) is 0 Å². The molecule has 0 bridgehead atoms. The molecule has 7 nitrogen and oxygen atoms in total. The van der Waals surface area contributed by atoms with Crippen LogP contribution in [0.3, 0.4) is 0 Å². The minimum Gasteiger partial charge on any atom is -0.381 e. The number of benzene rings is 1. The number of anilines is 1. The Balaban J connectivity index is 1.32. The fourth-order valence-electron chi connectivity index (χ4n) is 3.83. The molecule has 2 aliphatic rings. The Morgan fingerprint density at radius 3 is 2.28 bits per heavy atom. The number of nitrogens with zero attached hydrogens (tertiary/aromatic N) is 3. The van der Waals surface area contributed by atoms with E-state index in [-0.39, 0.29) is 17.1 Å². The first-order valence-electron chi connectivity index (χ1n) is 9.95. The second-order valence-corrected chi connectivity index (χ2v) is 9.70. The van der Waals surface area contributed by atoms with Crippen molar-refractivity contribution in [3.63, 3.8) is 0 Å². The van der Waals surface area contributed by atoms with Gasteiger partial charge in [-0.2, -0.15) is 0 Å². The third kappa shape index (κ3) is 4.73. The Kier molecular flexibility index (Phi) is 6.07. The van der Waals surface area contributed by atoms with E-state index >= 15 is 0 Å². The average molecular weight is 421 g/mol. The molecule has 0 saturated carbocycles. The van der Waals surface area contributed by atoms with Gasteiger partial charge in [0.1, 0.15) is 11.6 Å². The second kappa shape index (κ2) is 8.73. The van der Waals surface area contributed by atoms with Gasteiger partial charge in [-0.05, 0) is 62.1 Å². The van der Waals surface area contributed by atoms with Crippen molar-refractivity contribution in [3.05, 3.63) is 42.2 Å². The number of hydrogen-bond acceptors (Lipinski definition) is 6. The standard InChI is InChI=1S/C20H25FN4O3S/c21-16-3-1-15(2-4-16)19-5-6-20(24-23-19)22-17-7-11-25(12-8-17)29(26,27)18-9-13-28-14-10-18/h1-6,17-18H,7-14H2,(H,22,24). The van der Waals surface area contributed by atoms with Gasteiger partial charge in [0.15, 0.2) is 0 Å². The van der Waals surface area contributed by atoms with Gasteiger partial charge < -0.3 is 10.1 Å². The summed E-state index contributed by atoms with van der Waals surface area (Å²) in [4.78, 5) is 0. The third-order valence-electron chi connectivity index (χ3n) is 5.56. The minimum atomic E-state index is -3.25. The summed E-state index contributed by atoms with van der Waals surface area (Å²) in [5, 5.41) is 11.4. The van der Waals surface area contributed by atoms with Gasteiger partial charge in [0.2, 0.25) is 10.0 Å². The van der Waals surface area contributed by atoms with Crippen LogP contribution >= 0.6 is 0 Å².